The molecule has 0 aliphatic rings. The molecule has 0 N–H and O–H groups in total. The number of hydrogen-bond acceptors (Lipinski definition) is 4. The van der Waals surface area contributed by atoms with Crippen LogP contribution in [0.5, 0.6) is 5.75 Å². The Balaban J connectivity index is 1.66. The van der Waals surface area contributed by atoms with Crippen molar-refractivity contribution in [3.05, 3.63) is 71.0 Å². The quantitative estimate of drug-likeness (QED) is 0.573. The van der Waals surface area contributed by atoms with E-state index in [0.29, 0.717) is 6.61 Å². The van der Waals surface area contributed by atoms with E-state index in [1.165, 1.54) is 16.7 Å². The van der Waals surface area contributed by atoms with Gasteiger partial charge in [-0.05, 0) is 44.0 Å². The van der Waals surface area contributed by atoms with Crippen LogP contribution in [0.2, 0.25) is 0 Å². The molecule has 2 aromatic carbocycles. The van der Waals surface area contributed by atoms with E-state index in [4.69, 9.17) is 4.74 Å². The van der Waals surface area contributed by atoms with Crippen molar-refractivity contribution in [3.63, 3.8) is 0 Å². The predicted molar refractivity (Wildman–Crippen MR) is 102 cm³/mol. The first-order valence-corrected chi connectivity index (χ1v) is 9.44. The summed E-state index contributed by atoms with van der Waals surface area (Å²) in [5, 5.41) is 9.61. The molecule has 3 rings (SSSR count). The molecule has 0 saturated heterocycles. The standard InChI is InChI=1S/C20H23N3OS/c1-4-23-19(13-24-18-10-6-8-16(3)12-18)21-22-20(23)25-14-17-9-5-7-15(2)11-17/h5-12H,4,13-14H2,1-3H3. The Morgan fingerprint density at radius 2 is 1.76 bits per heavy atom. The van der Waals surface area contributed by atoms with Crippen LogP contribution in [-0.2, 0) is 18.9 Å². The molecular weight excluding hydrogens is 330 g/mol. The lowest BCUT2D eigenvalue weighted by Crippen LogP contribution is -2.07. The molecular formula is C20H23N3OS. The van der Waals surface area contributed by atoms with E-state index < -0.39 is 0 Å². The topological polar surface area (TPSA) is 39.9 Å². The van der Waals surface area contributed by atoms with E-state index >= 15 is 0 Å². The van der Waals surface area contributed by atoms with Crippen LogP contribution < -0.4 is 4.74 Å². The molecule has 1 aromatic heterocycles. The highest BCUT2D eigenvalue weighted by Gasteiger charge is 2.12. The van der Waals surface area contributed by atoms with Crippen molar-refractivity contribution < 1.29 is 4.74 Å². The normalized spacial score (nSPS) is 10.8. The van der Waals surface area contributed by atoms with Crippen LogP contribution >= 0.6 is 11.8 Å². The second-order valence-corrected chi connectivity index (χ2v) is 6.97. The van der Waals surface area contributed by atoms with Crippen LogP contribution in [0.4, 0.5) is 0 Å². The van der Waals surface area contributed by atoms with E-state index in [9.17, 15) is 0 Å². The zero-order chi connectivity index (χ0) is 17.6. The number of hydrogen-bond donors (Lipinski definition) is 0. The predicted octanol–water partition coefficient (Wildman–Crippen LogP) is 4.79. The highest BCUT2D eigenvalue weighted by atomic mass is 32.2. The first-order chi connectivity index (χ1) is 12.2. The van der Waals surface area contributed by atoms with Crippen molar-refractivity contribution in [2.24, 2.45) is 0 Å². The Morgan fingerprint density at radius 1 is 1.00 bits per heavy atom. The van der Waals surface area contributed by atoms with Crippen molar-refractivity contribution in [1.82, 2.24) is 14.8 Å². The van der Waals surface area contributed by atoms with E-state index in [1.807, 2.05) is 18.2 Å². The van der Waals surface area contributed by atoms with Crippen molar-refractivity contribution >= 4 is 11.8 Å². The van der Waals surface area contributed by atoms with Crippen molar-refractivity contribution in [3.8, 4) is 5.75 Å². The molecule has 5 heteroatoms. The van der Waals surface area contributed by atoms with E-state index in [2.05, 4.69) is 65.9 Å². The van der Waals surface area contributed by atoms with E-state index in [1.54, 1.807) is 11.8 Å². The van der Waals surface area contributed by atoms with Gasteiger partial charge in [0.15, 0.2) is 11.0 Å². The number of aryl methyl sites for hydroxylation is 2. The van der Waals surface area contributed by atoms with Crippen LogP contribution in [0.15, 0.2) is 53.7 Å². The Labute approximate surface area is 153 Å². The summed E-state index contributed by atoms with van der Waals surface area (Å²) in [7, 11) is 0. The minimum Gasteiger partial charge on any atom is -0.486 e. The number of rotatable bonds is 7. The van der Waals surface area contributed by atoms with E-state index in [-0.39, 0.29) is 0 Å². The van der Waals surface area contributed by atoms with Crippen LogP contribution in [0.3, 0.4) is 0 Å². The molecule has 0 radical (unpaired) electrons. The van der Waals surface area contributed by atoms with E-state index in [0.717, 1.165) is 29.0 Å². The lowest BCUT2D eigenvalue weighted by Gasteiger charge is -2.09. The highest BCUT2D eigenvalue weighted by Crippen LogP contribution is 2.23. The Hall–Kier alpha value is -2.27. The molecule has 25 heavy (non-hydrogen) atoms. The third kappa shape index (κ3) is 4.63. The minimum absolute atomic E-state index is 0.426. The zero-order valence-electron chi connectivity index (χ0n) is 14.9. The highest BCUT2D eigenvalue weighted by molar-refractivity contribution is 7.98. The van der Waals surface area contributed by atoms with Gasteiger partial charge in [-0.25, -0.2) is 0 Å². The van der Waals surface area contributed by atoms with Gasteiger partial charge in [-0.2, -0.15) is 0 Å². The number of aromatic nitrogens is 3. The van der Waals surface area contributed by atoms with Gasteiger partial charge in [-0.3, -0.25) is 0 Å². The zero-order valence-corrected chi connectivity index (χ0v) is 15.7. The maximum absolute atomic E-state index is 5.87. The van der Waals surface area contributed by atoms with Gasteiger partial charge in [0.1, 0.15) is 12.4 Å². The lowest BCUT2D eigenvalue weighted by atomic mass is 10.2. The first-order valence-electron chi connectivity index (χ1n) is 8.45. The summed E-state index contributed by atoms with van der Waals surface area (Å²) in [6, 6.07) is 16.6. The second-order valence-electron chi connectivity index (χ2n) is 6.03. The summed E-state index contributed by atoms with van der Waals surface area (Å²) in [6.07, 6.45) is 0. The molecule has 0 amide bonds. The van der Waals surface area contributed by atoms with Gasteiger partial charge >= 0.3 is 0 Å². The molecule has 0 unspecified atom stereocenters. The Bertz CT molecular complexity index is 777. The summed E-state index contributed by atoms with van der Waals surface area (Å²) in [5.74, 6) is 2.61. The summed E-state index contributed by atoms with van der Waals surface area (Å²) >= 11 is 1.71. The maximum atomic E-state index is 5.87. The number of thioether (sulfide) groups is 1. The fraction of sp³-hybridized carbons (Fsp3) is 0.300. The van der Waals surface area contributed by atoms with Gasteiger partial charge in [0.2, 0.25) is 0 Å². The molecule has 3 aromatic rings. The largest absolute Gasteiger partial charge is 0.486 e. The second kappa shape index (κ2) is 8.21. The molecule has 4 nitrogen and oxygen atoms in total. The molecule has 130 valence electrons. The summed E-state index contributed by atoms with van der Waals surface area (Å²) in [4.78, 5) is 0. The summed E-state index contributed by atoms with van der Waals surface area (Å²) < 4.78 is 8.00. The fourth-order valence-corrected chi connectivity index (χ4v) is 3.62. The number of ether oxygens (including phenoxy) is 1. The average Bonchev–Trinajstić information content (AvgIpc) is 3.00. The molecule has 0 spiro atoms. The van der Waals surface area contributed by atoms with Gasteiger partial charge in [0.05, 0.1) is 0 Å². The molecule has 0 aliphatic heterocycles. The van der Waals surface area contributed by atoms with Crippen molar-refractivity contribution in [1.29, 1.82) is 0 Å². The molecule has 0 saturated carbocycles. The molecule has 0 aliphatic carbocycles. The lowest BCUT2D eigenvalue weighted by molar-refractivity contribution is 0.288. The van der Waals surface area contributed by atoms with Crippen molar-refractivity contribution in [2.45, 2.75) is 44.8 Å². The van der Waals surface area contributed by atoms with Gasteiger partial charge in [-0.1, -0.05) is 53.7 Å². The van der Waals surface area contributed by atoms with Gasteiger partial charge in [-0.15, -0.1) is 10.2 Å². The van der Waals surface area contributed by atoms with Crippen LogP contribution in [-0.4, -0.2) is 14.8 Å². The van der Waals surface area contributed by atoms with Gasteiger partial charge in [0, 0.05) is 12.3 Å². The first kappa shape index (κ1) is 17.5. The molecule has 0 bridgehead atoms. The van der Waals surface area contributed by atoms with Crippen LogP contribution in [0.1, 0.15) is 29.4 Å². The third-order valence-electron chi connectivity index (χ3n) is 3.92. The van der Waals surface area contributed by atoms with Gasteiger partial charge in [0.25, 0.3) is 0 Å². The monoisotopic (exact) mass is 353 g/mol. The summed E-state index contributed by atoms with van der Waals surface area (Å²) in [6.45, 7) is 7.53. The molecule has 1 heterocycles. The van der Waals surface area contributed by atoms with Crippen LogP contribution in [0.25, 0.3) is 0 Å². The summed E-state index contributed by atoms with van der Waals surface area (Å²) in [5.41, 5.74) is 3.76. The molecule has 0 atom stereocenters. The Morgan fingerprint density at radius 3 is 2.48 bits per heavy atom. The average molecular weight is 353 g/mol. The SMILES string of the molecule is CCn1c(COc2cccc(C)c2)nnc1SCc1cccc(C)c1. The van der Waals surface area contributed by atoms with Crippen LogP contribution in [0, 0.1) is 13.8 Å². The Kier molecular flexibility index (Phi) is 5.76. The fourth-order valence-electron chi connectivity index (χ4n) is 2.65. The van der Waals surface area contributed by atoms with Gasteiger partial charge < -0.3 is 9.30 Å². The molecule has 0 fully saturated rings. The maximum Gasteiger partial charge on any atom is 0.191 e. The minimum atomic E-state index is 0.426. The third-order valence-corrected chi connectivity index (χ3v) is 4.96. The number of nitrogens with zero attached hydrogens (tertiary/aromatic N) is 3. The van der Waals surface area contributed by atoms with Crippen molar-refractivity contribution in [2.75, 3.05) is 0 Å². The number of benzene rings is 2. The smallest absolute Gasteiger partial charge is 0.191 e.